The number of fused-ring (bicyclic) bond motifs is 1. The van der Waals surface area contributed by atoms with Gasteiger partial charge in [-0.1, -0.05) is 48.9 Å². The molecule has 0 saturated heterocycles. The normalized spacial score (nSPS) is 11.3. The largest absolute Gasteiger partial charge is 0.350 e. The van der Waals surface area contributed by atoms with Gasteiger partial charge >= 0.3 is 0 Å². The van der Waals surface area contributed by atoms with Gasteiger partial charge in [0, 0.05) is 41.6 Å². The summed E-state index contributed by atoms with van der Waals surface area (Å²) in [6.45, 7) is 4.58. The molecular formula is C21H24ClN3O. The van der Waals surface area contributed by atoms with Gasteiger partial charge in [0.25, 0.3) is 5.91 Å². The van der Waals surface area contributed by atoms with Crippen LogP contribution in [-0.2, 0) is 0 Å². The van der Waals surface area contributed by atoms with Crippen molar-refractivity contribution < 1.29 is 4.79 Å². The Hall–Kier alpha value is -2.30. The predicted molar refractivity (Wildman–Crippen MR) is 109 cm³/mol. The van der Waals surface area contributed by atoms with Crippen LogP contribution in [0.4, 0.5) is 0 Å². The van der Waals surface area contributed by atoms with Crippen LogP contribution in [0.1, 0.15) is 17.4 Å². The van der Waals surface area contributed by atoms with Crippen molar-refractivity contribution in [1.82, 2.24) is 14.8 Å². The highest BCUT2D eigenvalue weighted by Crippen LogP contribution is 2.34. The van der Waals surface area contributed by atoms with E-state index >= 15 is 0 Å². The average molecular weight is 370 g/mol. The average Bonchev–Trinajstić information content (AvgIpc) is 3.04. The lowest BCUT2D eigenvalue weighted by Gasteiger charge is -2.21. The first kappa shape index (κ1) is 18.5. The number of aromatic nitrogens is 1. The number of carbonyl (C=O) groups excluding carboxylic acids is 1. The number of nitrogens with one attached hydrogen (secondary N) is 1. The number of halogens is 1. The van der Waals surface area contributed by atoms with Crippen LogP contribution >= 0.6 is 11.6 Å². The van der Waals surface area contributed by atoms with Gasteiger partial charge in [0.15, 0.2) is 0 Å². The minimum Gasteiger partial charge on any atom is -0.350 e. The van der Waals surface area contributed by atoms with Crippen LogP contribution in [0.2, 0.25) is 5.02 Å². The molecule has 4 nitrogen and oxygen atoms in total. The van der Waals surface area contributed by atoms with Crippen LogP contribution in [0.25, 0.3) is 22.0 Å². The molecule has 5 heteroatoms. The highest BCUT2D eigenvalue weighted by Gasteiger charge is 2.22. The van der Waals surface area contributed by atoms with Crippen molar-refractivity contribution in [2.45, 2.75) is 6.92 Å². The van der Waals surface area contributed by atoms with E-state index in [1.807, 2.05) is 55.6 Å². The first-order valence-electron chi connectivity index (χ1n) is 8.82. The third kappa shape index (κ3) is 3.76. The minimum atomic E-state index is -0.0133. The summed E-state index contributed by atoms with van der Waals surface area (Å²) >= 11 is 6.22. The maximum atomic E-state index is 13.1. The molecule has 3 aromatic rings. The fourth-order valence-electron chi connectivity index (χ4n) is 3.00. The number of H-pyrrole nitrogens is 1. The first-order chi connectivity index (χ1) is 12.5. The quantitative estimate of drug-likeness (QED) is 0.694. The number of aromatic amines is 1. The molecular weight excluding hydrogens is 346 g/mol. The Labute approximate surface area is 159 Å². The summed E-state index contributed by atoms with van der Waals surface area (Å²) < 4.78 is 0. The monoisotopic (exact) mass is 369 g/mol. The van der Waals surface area contributed by atoms with E-state index in [2.05, 4.69) is 23.9 Å². The smallest absolute Gasteiger partial charge is 0.270 e. The molecule has 0 atom stereocenters. The maximum absolute atomic E-state index is 13.1. The summed E-state index contributed by atoms with van der Waals surface area (Å²) in [6.07, 6.45) is 0. The molecule has 1 heterocycles. The number of nitrogens with zero attached hydrogens (tertiary/aromatic N) is 2. The fraction of sp³-hybridized carbons (Fsp3) is 0.286. The molecule has 0 saturated carbocycles. The highest BCUT2D eigenvalue weighted by molar-refractivity contribution is 6.31. The van der Waals surface area contributed by atoms with Gasteiger partial charge in [0.1, 0.15) is 5.69 Å². The lowest BCUT2D eigenvalue weighted by molar-refractivity contribution is 0.0779. The van der Waals surface area contributed by atoms with E-state index in [4.69, 9.17) is 11.6 Å². The number of carbonyl (C=O) groups is 1. The minimum absolute atomic E-state index is 0.0133. The van der Waals surface area contributed by atoms with E-state index in [1.54, 1.807) is 4.90 Å². The van der Waals surface area contributed by atoms with E-state index in [9.17, 15) is 4.79 Å². The van der Waals surface area contributed by atoms with Crippen molar-refractivity contribution in [3.63, 3.8) is 0 Å². The molecule has 0 radical (unpaired) electrons. The molecule has 0 bridgehead atoms. The SMILES string of the molecule is CCN(C)CCN(C)C(=O)c1[nH]c2ccc(Cl)cc2c1-c1ccccc1. The van der Waals surface area contributed by atoms with Gasteiger partial charge in [-0.15, -0.1) is 0 Å². The van der Waals surface area contributed by atoms with Gasteiger partial charge < -0.3 is 14.8 Å². The van der Waals surface area contributed by atoms with Crippen LogP contribution in [0.15, 0.2) is 48.5 Å². The summed E-state index contributed by atoms with van der Waals surface area (Å²) in [4.78, 5) is 20.4. The third-order valence-corrected chi connectivity index (χ3v) is 4.98. The van der Waals surface area contributed by atoms with Crippen molar-refractivity contribution in [1.29, 1.82) is 0 Å². The molecule has 3 rings (SSSR count). The maximum Gasteiger partial charge on any atom is 0.270 e. The van der Waals surface area contributed by atoms with Gasteiger partial charge in [-0.2, -0.15) is 0 Å². The van der Waals surface area contributed by atoms with Gasteiger partial charge in [0.05, 0.1) is 0 Å². The van der Waals surface area contributed by atoms with E-state index in [-0.39, 0.29) is 5.91 Å². The zero-order chi connectivity index (χ0) is 18.7. The van der Waals surface area contributed by atoms with E-state index in [0.717, 1.165) is 35.1 Å². The molecule has 1 aromatic heterocycles. The molecule has 0 unspecified atom stereocenters. The molecule has 2 aromatic carbocycles. The van der Waals surface area contributed by atoms with Crippen molar-refractivity contribution in [3.05, 3.63) is 59.2 Å². The topological polar surface area (TPSA) is 39.3 Å². The Morgan fingerprint density at radius 2 is 1.81 bits per heavy atom. The number of amides is 1. The van der Waals surface area contributed by atoms with Gasteiger partial charge in [-0.3, -0.25) is 4.79 Å². The second kappa shape index (κ2) is 7.94. The van der Waals surface area contributed by atoms with Gasteiger partial charge in [-0.25, -0.2) is 0 Å². The van der Waals surface area contributed by atoms with Crippen LogP contribution in [-0.4, -0.2) is 54.4 Å². The zero-order valence-corrected chi connectivity index (χ0v) is 16.2. The molecule has 1 N–H and O–H groups in total. The molecule has 26 heavy (non-hydrogen) atoms. The standard InChI is InChI=1S/C21H24ClN3O/c1-4-24(2)12-13-25(3)21(26)20-19(15-8-6-5-7-9-15)17-14-16(22)10-11-18(17)23-20/h5-11,14,23H,4,12-13H2,1-3H3. The lowest BCUT2D eigenvalue weighted by Crippen LogP contribution is -2.35. The van der Waals surface area contributed by atoms with Crippen LogP contribution in [0, 0.1) is 0 Å². The number of hydrogen-bond acceptors (Lipinski definition) is 2. The Bertz CT molecular complexity index is 904. The number of benzene rings is 2. The van der Waals surface area contributed by atoms with Crippen molar-refractivity contribution in [2.75, 3.05) is 33.7 Å². The van der Waals surface area contributed by atoms with E-state index < -0.39 is 0 Å². The molecule has 0 aliphatic rings. The lowest BCUT2D eigenvalue weighted by atomic mass is 10.0. The second-order valence-electron chi connectivity index (χ2n) is 6.55. The summed E-state index contributed by atoms with van der Waals surface area (Å²) in [7, 11) is 3.90. The van der Waals surface area contributed by atoms with Gasteiger partial charge in [0.2, 0.25) is 0 Å². The Morgan fingerprint density at radius 1 is 1.08 bits per heavy atom. The van der Waals surface area contributed by atoms with Crippen molar-refractivity contribution in [3.8, 4) is 11.1 Å². The van der Waals surface area contributed by atoms with Crippen molar-refractivity contribution >= 4 is 28.4 Å². The van der Waals surface area contributed by atoms with Crippen LogP contribution < -0.4 is 0 Å². The molecule has 1 amide bonds. The zero-order valence-electron chi connectivity index (χ0n) is 15.4. The summed E-state index contributed by atoms with van der Waals surface area (Å²) in [5, 5.41) is 1.62. The second-order valence-corrected chi connectivity index (χ2v) is 6.99. The van der Waals surface area contributed by atoms with Gasteiger partial charge in [-0.05, 0) is 37.4 Å². The highest BCUT2D eigenvalue weighted by atomic mass is 35.5. The Kier molecular flexibility index (Phi) is 5.64. The predicted octanol–water partition coefficient (Wildman–Crippen LogP) is 4.51. The van der Waals surface area contributed by atoms with E-state index in [0.29, 0.717) is 17.3 Å². The summed E-state index contributed by atoms with van der Waals surface area (Å²) in [6, 6.07) is 15.6. The van der Waals surface area contributed by atoms with Crippen molar-refractivity contribution in [2.24, 2.45) is 0 Å². The number of rotatable bonds is 6. The first-order valence-corrected chi connectivity index (χ1v) is 9.19. The Morgan fingerprint density at radius 3 is 2.50 bits per heavy atom. The molecule has 136 valence electrons. The van der Waals surface area contributed by atoms with E-state index in [1.165, 1.54) is 0 Å². The van der Waals surface area contributed by atoms with Crippen LogP contribution in [0.5, 0.6) is 0 Å². The van der Waals surface area contributed by atoms with Crippen LogP contribution in [0.3, 0.4) is 0 Å². The molecule has 0 spiro atoms. The molecule has 0 fully saturated rings. The third-order valence-electron chi connectivity index (χ3n) is 4.74. The number of likely N-dealkylation sites (N-methyl/N-ethyl adjacent to an activating group) is 2. The summed E-state index contributed by atoms with van der Waals surface area (Å²) in [5.74, 6) is -0.0133. The molecule has 0 aliphatic heterocycles. The summed E-state index contributed by atoms with van der Waals surface area (Å²) in [5.41, 5.74) is 3.43. The molecule has 0 aliphatic carbocycles. The Balaban J connectivity index is 2.03. The number of hydrogen-bond donors (Lipinski definition) is 1. The fourth-order valence-corrected chi connectivity index (χ4v) is 3.17.